The zero-order chi connectivity index (χ0) is 12.2. The van der Waals surface area contributed by atoms with Crippen molar-refractivity contribution in [2.45, 2.75) is 36.6 Å². The molecule has 0 bridgehead atoms. The van der Waals surface area contributed by atoms with Gasteiger partial charge in [0, 0.05) is 12.3 Å². The molecule has 0 aromatic heterocycles. The first kappa shape index (κ1) is 10.7. The molecule has 0 spiro atoms. The van der Waals surface area contributed by atoms with Crippen molar-refractivity contribution in [1.29, 1.82) is 0 Å². The molecule has 1 aromatic carbocycles. The number of rotatable bonds is 1. The molecule has 3 heteroatoms. The number of aliphatic hydroxyl groups excluding tert-OH is 1. The van der Waals surface area contributed by atoms with E-state index in [-0.39, 0.29) is 12.0 Å². The number of benzene rings is 1. The summed E-state index contributed by atoms with van der Waals surface area (Å²) in [6.07, 6.45) is 5.47. The van der Waals surface area contributed by atoms with Crippen LogP contribution in [-0.2, 0) is 5.41 Å². The molecule has 1 aromatic rings. The molecule has 3 atom stereocenters. The first-order valence-electron chi connectivity index (χ1n) is 6.87. The number of nitrogens with zero attached hydrogens (tertiary/aromatic N) is 1. The Bertz CT molecular complexity index is 525. The Hall–Kier alpha value is -1.19. The van der Waals surface area contributed by atoms with Crippen LogP contribution in [0.15, 0.2) is 23.2 Å². The van der Waals surface area contributed by atoms with Gasteiger partial charge in [-0.3, -0.25) is 4.99 Å². The quantitative estimate of drug-likeness (QED) is 0.789. The molecule has 1 aliphatic carbocycles. The van der Waals surface area contributed by atoms with E-state index in [0.717, 1.165) is 18.7 Å². The zero-order valence-electron chi connectivity index (χ0n) is 10.4. The Kier molecular flexibility index (Phi) is 2.17. The van der Waals surface area contributed by atoms with E-state index in [0.29, 0.717) is 12.0 Å². The van der Waals surface area contributed by atoms with Crippen molar-refractivity contribution in [2.24, 2.45) is 4.99 Å². The summed E-state index contributed by atoms with van der Waals surface area (Å²) >= 11 is 0. The van der Waals surface area contributed by atoms with Crippen molar-refractivity contribution in [3.8, 4) is 0 Å². The Labute approximate surface area is 107 Å². The van der Waals surface area contributed by atoms with Crippen molar-refractivity contribution in [1.82, 2.24) is 5.32 Å². The van der Waals surface area contributed by atoms with Crippen molar-refractivity contribution in [3.05, 3.63) is 29.3 Å². The highest BCUT2D eigenvalue weighted by atomic mass is 16.3. The summed E-state index contributed by atoms with van der Waals surface area (Å²) in [5.41, 5.74) is 3.57. The van der Waals surface area contributed by atoms with E-state index in [1.54, 1.807) is 0 Å². The van der Waals surface area contributed by atoms with Crippen molar-refractivity contribution >= 4 is 11.9 Å². The fourth-order valence-corrected chi connectivity index (χ4v) is 4.05. The minimum Gasteiger partial charge on any atom is -0.395 e. The third kappa shape index (κ3) is 1.24. The molecule has 18 heavy (non-hydrogen) atoms. The Morgan fingerprint density at radius 3 is 3.28 bits per heavy atom. The van der Waals surface area contributed by atoms with Crippen LogP contribution in [0.5, 0.6) is 0 Å². The average molecular weight is 242 g/mol. The maximum atomic E-state index is 9.89. The molecule has 1 saturated heterocycles. The molecule has 0 saturated carbocycles. The summed E-state index contributed by atoms with van der Waals surface area (Å²) in [5, 5.41) is 13.5. The van der Waals surface area contributed by atoms with E-state index in [4.69, 9.17) is 0 Å². The standard InChI is InChI=1S/C15H18N2O/c18-9-15-7-13-10(4-2-6-16-13)11-3-1-5-12(14(11)15)17-8-15/h1,3,5,8,10,13,16,18H,2,4,6-7,9H2/t10-,13-,15?/m1/s1. The lowest BCUT2D eigenvalue weighted by atomic mass is 9.64. The molecular formula is C15H18N2O. The van der Waals surface area contributed by atoms with Crippen LogP contribution in [0.3, 0.4) is 0 Å². The molecule has 4 rings (SSSR count). The fraction of sp³-hybridized carbons (Fsp3) is 0.533. The minimum absolute atomic E-state index is 0.172. The van der Waals surface area contributed by atoms with Gasteiger partial charge in [0.15, 0.2) is 0 Å². The molecule has 3 nitrogen and oxygen atoms in total. The van der Waals surface area contributed by atoms with Gasteiger partial charge in [-0.1, -0.05) is 12.1 Å². The zero-order valence-corrected chi connectivity index (χ0v) is 10.4. The van der Waals surface area contributed by atoms with Gasteiger partial charge in [-0.05, 0) is 48.9 Å². The lowest BCUT2D eigenvalue weighted by molar-refractivity contribution is 0.191. The highest BCUT2D eigenvalue weighted by Crippen LogP contribution is 2.51. The maximum absolute atomic E-state index is 9.89. The predicted octanol–water partition coefficient (Wildman–Crippen LogP) is 1.87. The first-order chi connectivity index (χ1) is 8.84. The summed E-state index contributed by atoms with van der Waals surface area (Å²) in [6.45, 7) is 1.28. The van der Waals surface area contributed by atoms with Crippen LogP contribution in [0.4, 0.5) is 5.69 Å². The largest absolute Gasteiger partial charge is 0.395 e. The summed E-state index contributed by atoms with van der Waals surface area (Å²) in [5.74, 6) is 0.607. The van der Waals surface area contributed by atoms with E-state index >= 15 is 0 Å². The van der Waals surface area contributed by atoms with E-state index in [9.17, 15) is 5.11 Å². The van der Waals surface area contributed by atoms with Crippen LogP contribution in [-0.4, -0.2) is 30.5 Å². The van der Waals surface area contributed by atoms with Crippen LogP contribution >= 0.6 is 0 Å². The Morgan fingerprint density at radius 1 is 1.44 bits per heavy atom. The minimum atomic E-state index is -0.225. The van der Waals surface area contributed by atoms with E-state index in [2.05, 4.69) is 28.5 Å². The monoisotopic (exact) mass is 242 g/mol. The number of aliphatic hydroxyl groups is 1. The van der Waals surface area contributed by atoms with Crippen LogP contribution < -0.4 is 5.32 Å². The molecule has 1 unspecified atom stereocenters. The number of aliphatic imine (C=N–C) groups is 1. The number of nitrogens with one attached hydrogen (secondary N) is 1. The van der Waals surface area contributed by atoms with E-state index < -0.39 is 0 Å². The second-order valence-corrected chi connectivity index (χ2v) is 5.83. The maximum Gasteiger partial charge on any atom is 0.0671 e. The van der Waals surface area contributed by atoms with Gasteiger partial charge >= 0.3 is 0 Å². The topological polar surface area (TPSA) is 44.6 Å². The van der Waals surface area contributed by atoms with Gasteiger partial charge in [-0.2, -0.15) is 0 Å². The Morgan fingerprint density at radius 2 is 2.39 bits per heavy atom. The molecular weight excluding hydrogens is 224 g/mol. The second-order valence-electron chi connectivity index (χ2n) is 5.83. The molecule has 1 fully saturated rings. The van der Waals surface area contributed by atoms with Crippen LogP contribution in [0, 0.1) is 0 Å². The highest BCUT2D eigenvalue weighted by molar-refractivity contribution is 5.87. The SMILES string of the molecule is OCC12C=Nc3cccc(c31)[C@H]1CCCN[C@@H]1C2. The van der Waals surface area contributed by atoms with E-state index in [1.165, 1.54) is 24.0 Å². The highest BCUT2D eigenvalue weighted by Gasteiger charge is 2.47. The van der Waals surface area contributed by atoms with Crippen molar-refractivity contribution in [2.75, 3.05) is 13.2 Å². The summed E-state index contributed by atoms with van der Waals surface area (Å²) in [7, 11) is 0. The molecule has 94 valence electrons. The van der Waals surface area contributed by atoms with Crippen molar-refractivity contribution < 1.29 is 5.11 Å². The van der Waals surface area contributed by atoms with Gasteiger partial charge in [0.25, 0.3) is 0 Å². The number of hydrogen-bond acceptors (Lipinski definition) is 3. The lowest BCUT2D eigenvalue weighted by Crippen LogP contribution is -2.50. The third-order valence-electron chi connectivity index (χ3n) is 4.87. The molecule has 0 amide bonds. The molecule has 0 radical (unpaired) electrons. The van der Waals surface area contributed by atoms with Crippen LogP contribution in [0.25, 0.3) is 0 Å². The molecule has 2 N–H and O–H groups in total. The van der Waals surface area contributed by atoms with Gasteiger partial charge < -0.3 is 10.4 Å². The van der Waals surface area contributed by atoms with Crippen LogP contribution in [0.1, 0.15) is 36.3 Å². The van der Waals surface area contributed by atoms with Gasteiger partial charge in [0.05, 0.1) is 17.7 Å². The van der Waals surface area contributed by atoms with Crippen LogP contribution in [0.2, 0.25) is 0 Å². The molecule has 2 heterocycles. The molecule has 2 aliphatic heterocycles. The third-order valence-corrected chi connectivity index (χ3v) is 4.87. The van der Waals surface area contributed by atoms with E-state index in [1.807, 2.05) is 6.21 Å². The summed E-state index contributed by atoms with van der Waals surface area (Å²) in [6, 6.07) is 6.92. The van der Waals surface area contributed by atoms with Gasteiger partial charge in [0.1, 0.15) is 0 Å². The number of hydrogen-bond donors (Lipinski definition) is 2. The average Bonchev–Trinajstić information content (AvgIpc) is 2.80. The lowest BCUT2D eigenvalue weighted by Gasteiger charge is -2.44. The number of piperidine rings is 1. The Balaban J connectivity index is 1.93. The smallest absolute Gasteiger partial charge is 0.0671 e. The number of fused-ring (bicyclic) bond motifs is 2. The summed E-state index contributed by atoms with van der Waals surface area (Å²) in [4.78, 5) is 4.54. The fourth-order valence-electron chi connectivity index (χ4n) is 4.05. The van der Waals surface area contributed by atoms with Gasteiger partial charge in [0.2, 0.25) is 0 Å². The molecule has 3 aliphatic rings. The normalized spacial score (nSPS) is 36.3. The summed E-state index contributed by atoms with van der Waals surface area (Å²) < 4.78 is 0. The first-order valence-corrected chi connectivity index (χ1v) is 6.87. The van der Waals surface area contributed by atoms with Gasteiger partial charge in [-0.15, -0.1) is 0 Å². The van der Waals surface area contributed by atoms with Gasteiger partial charge in [-0.25, -0.2) is 0 Å². The van der Waals surface area contributed by atoms with Crippen molar-refractivity contribution in [3.63, 3.8) is 0 Å². The second kappa shape index (κ2) is 3.65. The predicted molar refractivity (Wildman–Crippen MR) is 71.7 cm³/mol.